The summed E-state index contributed by atoms with van der Waals surface area (Å²) in [5.41, 5.74) is 3.12. The third-order valence-electron chi connectivity index (χ3n) is 3.69. The van der Waals surface area contributed by atoms with E-state index in [1.165, 1.54) is 17.2 Å². The van der Waals surface area contributed by atoms with E-state index in [9.17, 15) is 8.78 Å². The molecule has 0 bridgehead atoms. The summed E-state index contributed by atoms with van der Waals surface area (Å²) in [5, 5.41) is 6.32. The first kappa shape index (κ1) is 22.1. The largest absolute Gasteiger partial charge is 0.434 e. The van der Waals surface area contributed by atoms with E-state index in [0.29, 0.717) is 18.1 Å². The molecule has 2 rings (SSSR count). The van der Waals surface area contributed by atoms with Crippen molar-refractivity contribution in [2.24, 2.45) is 4.99 Å². The van der Waals surface area contributed by atoms with Crippen LogP contribution in [0.3, 0.4) is 0 Å². The lowest BCUT2D eigenvalue weighted by molar-refractivity contribution is -0.0504. The molecule has 7 heteroatoms. The summed E-state index contributed by atoms with van der Waals surface area (Å²) in [6.07, 6.45) is 0.867. The van der Waals surface area contributed by atoms with Crippen LogP contribution in [0.25, 0.3) is 0 Å². The van der Waals surface area contributed by atoms with E-state index in [4.69, 9.17) is 0 Å². The van der Waals surface area contributed by atoms with Crippen molar-refractivity contribution in [1.82, 2.24) is 10.6 Å². The number of aryl methyl sites for hydroxylation is 1. The Balaban J connectivity index is 0.00000338. The number of nitrogens with zero attached hydrogens (tertiary/aromatic N) is 1. The first-order valence-corrected chi connectivity index (χ1v) is 8.11. The highest BCUT2D eigenvalue weighted by Crippen LogP contribution is 2.19. The Morgan fingerprint density at radius 3 is 2.42 bits per heavy atom. The van der Waals surface area contributed by atoms with Crippen molar-refractivity contribution < 1.29 is 13.5 Å². The molecule has 0 aromatic heterocycles. The second-order valence-electron chi connectivity index (χ2n) is 5.57. The molecule has 4 nitrogen and oxygen atoms in total. The second-order valence-corrected chi connectivity index (χ2v) is 5.57. The van der Waals surface area contributed by atoms with Crippen molar-refractivity contribution in [3.8, 4) is 5.75 Å². The van der Waals surface area contributed by atoms with Gasteiger partial charge >= 0.3 is 6.61 Å². The maximum Gasteiger partial charge on any atom is 0.387 e. The number of para-hydroxylation sites is 1. The molecule has 0 aliphatic rings. The lowest BCUT2D eigenvalue weighted by atomic mass is 10.1. The predicted octanol–water partition coefficient (Wildman–Crippen LogP) is 4.12. The number of rotatable bonds is 7. The lowest BCUT2D eigenvalue weighted by Gasteiger charge is -2.14. The van der Waals surface area contributed by atoms with Crippen LogP contribution < -0.4 is 15.4 Å². The highest BCUT2D eigenvalue weighted by atomic mass is 127. The average Bonchev–Trinajstić information content (AvgIpc) is 2.60. The van der Waals surface area contributed by atoms with Gasteiger partial charge in [-0.05, 0) is 25.0 Å². The van der Waals surface area contributed by atoms with Gasteiger partial charge in [-0.15, -0.1) is 24.0 Å². The molecule has 142 valence electrons. The lowest BCUT2D eigenvalue weighted by Crippen LogP contribution is -2.37. The zero-order valence-corrected chi connectivity index (χ0v) is 17.2. The quantitative estimate of drug-likeness (QED) is 0.360. The summed E-state index contributed by atoms with van der Waals surface area (Å²) in [6, 6.07) is 15.1. The number of aliphatic imine (C=N–C) groups is 1. The van der Waals surface area contributed by atoms with Crippen molar-refractivity contribution in [1.29, 1.82) is 0 Å². The molecular formula is C19H24F2IN3O. The molecule has 0 spiro atoms. The minimum atomic E-state index is -2.84. The van der Waals surface area contributed by atoms with E-state index in [2.05, 4.69) is 51.6 Å². The monoisotopic (exact) mass is 475 g/mol. The number of ether oxygens (including phenoxy) is 1. The first-order valence-electron chi connectivity index (χ1n) is 8.11. The Hall–Kier alpha value is -1.90. The van der Waals surface area contributed by atoms with Crippen LogP contribution in [0.1, 0.15) is 16.7 Å². The van der Waals surface area contributed by atoms with Gasteiger partial charge in [-0.2, -0.15) is 8.78 Å². The summed E-state index contributed by atoms with van der Waals surface area (Å²) in [7, 11) is 1.67. The molecule has 0 amide bonds. The molecule has 0 fully saturated rings. The minimum absolute atomic E-state index is 0. The third kappa shape index (κ3) is 7.55. The van der Waals surface area contributed by atoms with Gasteiger partial charge in [0.2, 0.25) is 0 Å². The van der Waals surface area contributed by atoms with Crippen molar-refractivity contribution in [2.45, 2.75) is 26.5 Å². The summed E-state index contributed by atoms with van der Waals surface area (Å²) >= 11 is 0. The molecule has 0 heterocycles. The van der Waals surface area contributed by atoms with Gasteiger partial charge in [-0.3, -0.25) is 4.99 Å². The molecular weight excluding hydrogens is 451 g/mol. The maximum absolute atomic E-state index is 12.4. The first-order chi connectivity index (χ1) is 12.1. The number of hydrogen-bond acceptors (Lipinski definition) is 2. The summed E-state index contributed by atoms with van der Waals surface area (Å²) in [6.45, 7) is 0.280. The van der Waals surface area contributed by atoms with Crippen LogP contribution in [-0.2, 0) is 13.0 Å². The zero-order chi connectivity index (χ0) is 18.1. The molecule has 0 atom stereocenters. The average molecular weight is 475 g/mol. The van der Waals surface area contributed by atoms with Gasteiger partial charge in [-0.1, -0.05) is 48.0 Å². The standard InChI is InChI=1S/C19H23F2N3O.HI/c1-14-7-9-15(10-8-14)11-12-23-19(22-2)24-13-16-5-3-4-6-17(16)25-18(20)21;/h3-10,18H,11-13H2,1-2H3,(H2,22,23,24);1H. The van der Waals surface area contributed by atoms with Gasteiger partial charge in [0.1, 0.15) is 5.75 Å². The molecule has 26 heavy (non-hydrogen) atoms. The molecule has 2 aromatic carbocycles. The predicted molar refractivity (Wildman–Crippen MR) is 112 cm³/mol. The van der Waals surface area contributed by atoms with Crippen molar-refractivity contribution >= 4 is 29.9 Å². The molecule has 0 aliphatic carbocycles. The van der Waals surface area contributed by atoms with Crippen molar-refractivity contribution in [3.63, 3.8) is 0 Å². The van der Waals surface area contributed by atoms with Crippen molar-refractivity contribution in [3.05, 3.63) is 65.2 Å². The van der Waals surface area contributed by atoms with Crippen molar-refractivity contribution in [2.75, 3.05) is 13.6 Å². The van der Waals surface area contributed by atoms with E-state index in [0.717, 1.165) is 13.0 Å². The smallest absolute Gasteiger partial charge is 0.387 e. The van der Waals surface area contributed by atoms with E-state index in [1.807, 2.05) is 0 Å². The van der Waals surface area contributed by atoms with Crippen LogP contribution >= 0.6 is 24.0 Å². The molecule has 0 radical (unpaired) electrons. The Bertz CT molecular complexity index is 693. The Labute approximate surface area is 170 Å². The number of halogens is 3. The molecule has 0 saturated heterocycles. The molecule has 2 N–H and O–H groups in total. The van der Waals surface area contributed by atoms with E-state index in [-0.39, 0.29) is 29.7 Å². The number of benzene rings is 2. The fourth-order valence-electron chi connectivity index (χ4n) is 2.34. The number of nitrogens with one attached hydrogen (secondary N) is 2. The Morgan fingerprint density at radius 2 is 1.77 bits per heavy atom. The van der Waals surface area contributed by atoms with Crippen LogP contribution in [0.15, 0.2) is 53.5 Å². The highest BCUT2D eigenvalue weighted by molar-refractivity contribution is 14.0. The molecule has 0 unspecified atom stereocenters. The van der Waals surface area contributed by atoms with E-state index >= 15 is 0 Å². The highest BCUT2D eigenvalue weighted by Gasteiger charge is 2.09. The molecule has 0 saturated carbocycles. The van der Waals surface area contributed by atoms with Gasteiger partial charge < -0.3 is 15.4 Å². The topological polar surface area (TPSA) is 45.7 Å². The Morgan fingerprint density at radius 1 is 1.08 bits per heavy atom. The van der Waals surface area contributed by atoms with Gasteiger partial charge in [0, 0.05) is 25.7 Å². The SMILES string of the molecule is CN=C(NCCc1ccc(C)cc1)NCc1ccccc1OC(F)F.I. The van der Waals surface area contributed by atoms with Crippen LogP contribution in [-0.4, -0.2) is 26.2 Å². The molecule has 0 aliphatic heterocycles. The fraction of sp³-hybridized carbons (Fsp3) is 0.316. The normalized spacial score (nSPS) is 11.0. The molecule has 2 aromatic rings. The third-order valence-corrected chi connectivity index (χ3v) is 3.69. The van der Waals surface area contributed by atoms with Crippen LogP contribution in [0.2, 0.25) is 0 Å². The van der Waals surface area contributed by atoms with E-state index in [1.54, 1.807) is 25.2 Å². The summed E-state index contributed by atoms with van der Waals surface area (Å²) < 4.78 is 29.4. The maximum atomic E-state index is 12.4. The summed E-state index contributed by atoms with van der Waals surface area (Å²) in [5.74, 6) is 0.777. The fourth-order valence-corrected chi connectivity index (χ4v) is 2.34. The number of alkyl halides is 2. The van der Waals surface area contributed by atoms with Gasteiger partial charge in [0.25, 0.3) is 0 Å². The van der Waals surface area contributed by atoms with Gasteiger partial charge in [0.05, 0.1) is 0 Å². The van der Waals surface area contributed by atoms with E-state index < -0.39 is 6.61 Å². The minimum Gasteiger partial charge on any atom is -0.434 e. The number of hydrogen-bond donors (Lipinski definition) is 2. The van der Waals surface area contributed by atoms with Crippen LogP contribution in [0.4, 0.5) is 8.78 Å². The second kappa shape index (κ2) is 11.7. The van der Waals surface area contributed by atoms with Crippen LogP contribution in [0.5, 0.6) is 5.75 Å². The number of guanidine groups is 1. The summed E-state index contributed by atoms with van der Waals surface area (Å²) in [4.78, 5) is 4.14. The van der Waals surface area contributed by atoms with Crippen LogP contribution in [0, 0.1) is 6.92 Å². The Kier molecular flexibility index (Phi) is 9.93. The van der Waals surface area contributed by atoms with Gasteiger partial charge in [0.15, 0.2) is 5.96 Å². The zero-order valence-electron chi connectivity index (χ0n) is 14.8. The van der Waals surface area contributed by atoms with Gasteiger partial charge in [-0.25, -0.2) is 0 Å².